The van der Waals surface area contributed by atoms with Crippen LogP contribution in [0.25, 0.3) is 33.9 Å². The Morgan fingerprint density at radius 1 is 0.941 bits per heavy atom. The van der Waals surface area contributed by atoms with Crippen molar-refractivity contribution in [3.8, 4) is 22.8 Å². The van der Waals surface area contributed by atoms with Gasteiger partial charge in [0.2, 0.25) is 5.89 Å². The summed E-state index contributed by atoms with van der Waals surface area (Å²) in [5.74, 6) is 0.541. The number of halogens is 2. The monoisotopic (exact) mass is 474 g/mol. The van der Waals surface area contributed by atoms with Crippen LogP contribution in [0.5, 0.6) is 0 Å². The molecule has 0 radical (unpaired) electrons. The van der Waals surface area contributed by atoms with Crippen molar-refractivity contribution in [3.63, 3.8) is 0 Å². The van der Waals surface area contributed by atoms with E-state index in [1.807, 2.05) is 12.1 Å². The second kappa shape index (κ2) is 8.80. The standard InChI is InChI=1S/C27H20ClFN2O3/c1-15(2)16-3-5-17(6-4-16)27-31-22-14-19(8-10-24(22)34-27)30-26(32)25-12-11-23(33-25)18-7-9-21(29)20(28)13-18/h3-15H,1-2H3,(H,30,32). The van der Waals surface area contributed by atoms with E-state index >= 15 is 0 Å². The summed E-state index contributed by atoms with van der Waals surface area (Å²) in [6.07, 6.45) is 0. The van der Waals surface area contributed by atoms with Gasteiger partial charge in [-0.25, -0.2) is 9.37 Å². The highest BCUT2D eigenvalue weighted by Crippen LogP contribution is 2.29. The van der Waals surface area contributed by atoms with E-state index in [0.29, 0.717) is 39.9 Å². The lowest BCUT2D eigenvalue weighted by atomic mass is 10.0. The molecule has 2 aromatic heterocycles. The number of aromatic nitrogens is 1. The molecule has 1 N–H and O–H groups in total. The fourth-order valence-electron chi connectivity index (χ4n) is 3.60. The Kier molecular flexibility index (Phi) is 5.67. The highest BCUT2D eigenvalue weighted by atomic mass is 35.5. The van der Waals surface area contributed by atoms with Crippen molar-refractivity contribution >= 4 is 34.3 Å². The van der Waals surface area contributed by atoms with Gasteiger partial charge in [0.1, 0.15) is 17.1 Å². The molecule has 0 unspecified atom stereocenters. The first-order valence-corrected chi connectivity index (χ1v) is 11.1. The lowest BCUT2D eigenvalue weighted by Gasteiger charge is -2.04. The lowest BCUT2D eigenvalue weighted by molar-refractivity contribution is 0.0997. The minimum atomic E-state index is -0.520. The molecule has 1 amide bonds. The molecule has 5 nitrogen and oxygen atoms in total. The van der Waals surface area contributed by atoms with Crippen molar-refractivity contribution in [1.29, 1.82) is 0 Å². The number of nitrogens with one attached hydrogen (secondary N) is 1. The first-order chi connectivity index (χ1) is 16.4. The third kappa shape index (κ3) is 4.32. The number of anilines is 1. The van der Waals surface area contributed by atoms with E-state index in [4.69, 9.17) is 20.4 Å². The van der Waals surface area contributed by atoms with Crippen LogP contribution < -0.4 is 5.32 Å². The van der Waals surface area contributed by atoms with Gasteiger partial charge in [-0.15, -0.1) is 0 Å². The fourth-order valence-corrected chi connectivity index (χ4v) is 3.78. The van der Waals surface area contributed by atoms with Gasteiger partial charge in [0.05, 0.1) is 5.02 Å². The molecule has 0 spiro atoms. The summed E-state index contributed by atoms with van der Waals surface area (Å²) in [4.78, 5) is 17.3. The minimum absolute atomic E-state index is 0.0175. The number of amides is 1. The van der Waals surface area contributed by atoms with Gasteiger partial charge in [0, 0.05) is 16.8 Å². The second-order valence-electron chi connectivity index (χ2n) is 8.23. The molecule has 0 atom stereocenters. The predicted molar refractivity (Wildman–Crippen MR) is 131 cm³/mol. The number of carbonyl (C=O) groups excluding carboxylic acids is 1. The maximum absolute atomic E-state index is 13.4. The van der Waals surface area contributed by atoms with Crippen molar-refractivity contribution in [2.45, 2.75) is 19.8 Å². The van der Waals surface area contributed by atoms with Crippen LogP contribution in [0.1, 0.15) is 35.9 Å². The zero-order valence-corrected chi connectivity index (χ0v) is 19.2. The van der Waals surface area contributed by atoms with Crippen LogP contribution in [-0.2, 0) is 0 Å². The summed E-state index contributed by atoms with van der Waals surface area (Å²) < 4.78 is 24.9. The van der Waals surface area contributed by atoms with Crippen LogP contribution in [0.3, 0.4) is 0 Å². The van der Waals surface area contributed by atoms with E-state index < -0.39 is 11.7 Å². The van der Waals surface area contributed by atoms with Crippen molar-refractivity contribution < 1.29 is 18.0 Å². The highest BCUT2D eigenvalue weighted by molar-refractivity contribution is 6.31. The normalized spacial score (nSPS) is 11.3. The van der Waals surface area contributed by atoms with Gasteiger partial charge in [-0.05, 0) is 72.1 Å². The SMILES string of the molecule is CC(C)c1ccc(-c2nc3cc(NC(=O)c4ccc(-c5ccc(F)c(Cl)c5)o4)ccc3o2)cc1. The predicted octanol–water partition coefficient (Wildman–Crippen LogP) is 7.92. The number of rotatable bonds is 5. The fraction of sp³-hybridized carbons (Fsp3) is 0.111. The number of oxazole rings is 1. The Balaban J connectivity index is 1.34. The van der Waals surface area contributed by atoms with Crippen molar-refractivity contribution in [1.82, 2.24) is 4.98 Å². The molecule has 5 aromatic rings. The smallest absolute Gasteiger partial charge is 0.291 e. The topological polar surface area (TPSA) is 68.3 Å². The number of benzene rings is 3. The number of hydrogen-bond acceptors (Lipinski definition) is 4. The Morgan fingerprint density at radius 3 is 2.44 bits per heavy atom. The van der Waals surface area contributed by atoms with E-state index in [0.717, 1.165) is 5.56 Å². The average Bonchev–Trinajstić information content (AvgIpc) is 3.48. The zero-order chi connectivity index (χ0) is 23.8. The van der Waals surface area contributed by atoms with Gasteiger partial charge in [-0.2, -0.15) is 0 Å². The summed E-state index contributed by atoms with van der Waals surface area (Å²) in [5, 5.41) is 2.79. The number of nitrogens with zero attached hydrogens (tertiary/aromatic N) is 1. The quantitative estimate of drug-likeness (QED) is 0.281. The van der Waals surface area contributed by atoms with Crippen LogP contribution >= 0.6 is 11.6 Å². The molecule has 5 rings (SSSR count). The van der Waals surface area contributed by atoms with Crippen molar-refractivity contribution in [2.24, 2.45) is 0 Å². The maximum atomic E-state index is 13.4. The summed E-state index contributed by atoms with van der Waals surface area (Å²) in [5.41, 5.74) is 4.50. The molecule has 0 saturated carbocycles. The van der Waals surface area contributed by atoms with Crippen LogP contribution in [0.15, 0.2) is 81.6 Å². The van der Waals surface area contributed by atoms with Gasteiger partial charge in [-0.1, -0.05) is 37.6 Å². The van der Waals surface area contributed by atoms with E-state index in [1.54, 1.807) is 30.3 Å². The van der Waals surface area contributed by atoms with Gasteiger partial charge >= 0.3 is 0 Å². The van der Waals surface area contributed by atoms with Gasteiger partial charge in [0.25, 0.3) is 5.91 Å². The van der Waals surface area contributed by atoms with Gasteiger partial charge in [-0.3, -0.25) is 4.79 Å². The summed E-state index contributed by atoms with van der Waals surface area (Å²) >= 11 is 5.84. The second-order valence-corrected chi connectivity index (χ2v) is 8.63. The molecule has 0 aliphatic carbocycles. The Morgan fingerprint density at radius 2 is 1.71 bits per heavy atom. The number of furan rings is 1. The Bertz CT molecular complexity index is 1500. The number of carbonyl (C=O) groups is 1. The van der Waals surface area contributed by atoms with E-state index in [9.17, 15) is 9.18 Å². The minimum Gasteiger partial charge on any atom is -0.451 e. The Labute approximate surface area is 200 Å². The van der Waals surface area contributed by atoms with E-state index in [1.165, 1.54) is 23.8 Å². The molecule has 2 heterocycles. The van der Waals surface area contributed by atoms with Crippen molar-refractivity contribution in [3.05, 3.63) is 95.0 Å². The lowest BCUT2D eigenvalue weighted by Crippen LogP contribution is -2.10. The molecule has 3 aromatic carbocycles. The molecular weight excluding hydrogens is 455 g/mol. The summed E-state index contributed by atoms with van der Waals surface area (Å²) in [6, 6.07) is 20.8. The Hall–Kier alpha value is -3.90. The summed E-state index contributed by atoms with van der Waals surface area (Å²) in [6.45, 7) is 4.29. The van der Waals surface area contributed by atoms with Crippen LogP contribution in [0.2, 0.25) is 5.02 Å². The molecule has 7 heteroatoms. The van der Waals surface area contributed by atoms with Crippen LogP contribution in [0.4, 0.5) is 10.1 Å². The molecule has 170 valence electrons. The van der Waals surface area contributed by atoms with E-state index in [2.05, 4.69) is 36.3 Å². The number of fused-ring (bicyclic) bond motifs is 1. The molecule has 0 saturated heterocycles. The molecule has 0 aliphatic heterocycles. The zero-order valence-electron chi connectivity index (χ0n) is 18.4. The highest BCUT2D eigenvalue weighted by Gasteiger charge is 2.15. The molecular formula is C27H20ClFN2O3. The summed E-state index contributed by atoms with van der Waals surface area (Å²) in [7, 11) is 0. The molecule has 0 aliphatic rings. The molecule has 0 bridgehead atoms. The van der Waals surface area contributed by atoms with Gasteiger partial charge in [0.15, 0.2) is 11.3 Å². The average molecular weight is 475 g/mol. The number of hydrogen-bond donors (Lipinski definition) is 1. The first kappa shape index (κ1) is 21.9. The molecule has 34 heavy (non-hydrogen) atoms. The largest absolute Gasteiger partial charge is 0.451 e. The maximum Gasteiger partial charge on any atom is 0.291 e. The van der Waals surface area contributed by atoms with Crippen LogP contribution in [-0.4, -0.2) is 10.9 Å². The third-order valence-electron chi connectivity index (χ3n) is 5.50. The molecule has 0 fully saturated rings. The van der Waals surface area contributed by atoms with E-state index in [-0.39, 0.29) is 10.8 Å². The van der Waals surface area contributed by atoms with Crippen LogP contribution in [0, 0.1) is 5.82 Å². The van der Waals surface area contributed by atoms with Gasteiger partial charge < -0.3 is 14.2 Å². The first-order valence-electron chi connectivity index (χ1n) is 10.7. The third-order valence-corrected chi connectivity index (χ3v) is 5.79. The van der Waals surface area contributed by atoms with Crippen molar-refractivity contribution in [2.75, 3.05) is 5.32 Å².